The van der Waals surface area contributed by atoms with E-state index in [1.54, 1.807) is 6.08 Å². The summed E-state index contributed by atoms with van der Waals surface area (Å²) in [4.78, 5) is 3.54. The van der Waals surface area contributed by atoms with Crippen molar-refractivity contribution in [1.82, 2.24) is 9.55 Å². The van der Waals surface area contributed by atoms with Gasteiger partial charge in [-0.15, -0.1) is 0 Å². The summed E-state index contributed by atoms with van der Waals surface area (Å²) in [6.45, 7) is 3.75. The molecule has 0 radical (unpaired) electrons. The van der Waals surface area contributed by atoms with Crippen molar-refractivity contribution in [1.29, 1.82) is 0 Å². The van der Waals surface area contributed by atoms with Crippen LogP contribution in [-0.2, 0) is 6.42 Å². The highest BCUT2D eigenvalue weighted by atomic mass is 15.0. The van der Waals surface area contributed by atoms with Crippen LogP contribution in [0.5, 0.6) is 0 Å². The molecule has 2 heterocycles. The fraction of sp³-hybridized carbons (Fsp3) is 0.0667. The molecular formula is C30H24N2. The lowest BCUT2D eigenvalue weighted by Crippen LogP contribution is -2.02. The number of nitrogens with zero attached hydrogens (tertiary/aromatic N) is 1. The first-order valence-electron chi connectivity index (χ1n) is 11.1. The third-order valence-electron chi connectivity index (χ3n) is 6.48. The van der Waals surface area contributed by atoms with Crippen LogP contribution in [0.4, 0.5) is 0 Å². The predicted octanol–water partition coefficient (Wildman–Crippen LogP) is 7.98. The molecule has 154 valence electrons. The third-order valence-corrected chi connectivity index (χ3v) is 6.48. The molecule has 0 aliphatic heterocycles. The molecule has 0 unspecified atom stereocenters. The van der Waals surface area contributed by atoms with Crippen molar-refractivity contribution in [3.63, 3.8) is 0 Å². The van der Waals surface area contributed by atoms with E-state index in [-0.39, 0.29) is 0 Å². The monoisotopic (exact) mass is 412 g/mol. The van der Waals surface area contributed by atoms with Gasteiger partial charge in [0, 0.05) is 44.6 Å². The van der Waals surface area contributed by atoms with Crippen molar-refractivity contribution in [2.75, 3.05) is 0 Å². The first kappa shape index (κ1) is 18.7. The van der Waals surface area contributed by atoms with Crippen LogP contribution in [0.1, 0.15) is 23.2 Å². The predicted molar refractivity (Wildman–Crippen MR) is 139 cm³/mol. The Labute approximate surface area is 187 Å². The summed E-state index contributed by atoms with van der Waals surface area (Å²) >= 11 is 0. The van der Waals surface area contributed by atoms with E-state index in [4.69, 9.17) is 0 Å². The maximum absolute atomic E-state index is 3.75. The molecule has 1 aliphatic carbocycles. The van der Waals surface area contributed by atoms with Gasteiger partial charge in [-0.05, 0) is 60.4 Å². The summed E-state index contributed by atoms with van der Waals surface area (Å²) in [7, 11) is 0. The Kier molecular flexibility index (Phi) is 4.43. The molecule has 0 bridgehead atoms. The Hall–Kier alpha value is -4.04. The highest BCUT2D eigenvalue weighted by Crippen LogP contribution is 2.38. The molecule has 0 saturated heterocycles. The van der Waals surface area contributed by atoms with Crippen LogP contribution in [0.3, 0.4) is 0 Å². The van der Waals surface area contributed by atoms with Gasteiger partial charge in [0.2, 0.25) is 0 Å². The average Bonchev–Trinajstić information content (AvgIpc) is 3.37. The molecule has 0 fully saturated rings. The number of hydrogen-bond donors (Lipinski definition) is 1. The Balaban J connectivity index is 1.49. The second-order valence-electron chi connectivity index (χ2n) is 8.31. The molecule has 32 heavy (non-hydrogen) atoms. The number of aromatic amines is 1. The maximum atomic E-state index is 3.75. The largest absolute Gasteiger partial charge is 0.355 e. The average molecular weight is 413 g/mol. The van der Waals surface area contributed by atoms with Crippen molar-refractivity contribution in [3.05, 3.63) is 114 Å². The number of allylic oxidation sites excluding steroid dienone is 5. The highest BCUT2D eigenvalue weighted by molar-refractivity contribution is 6.08. The second-order valence-corrected chi connectivity index (χ2v) is 8.31. The Morgan fingerprint density at radius 2 is 1.59 bits per heavy atom. The summed E-state index contributed by atoms with van der Waals surface area (Å²) in [5.41, 5.74) is 9.09. The van der Waals surface area contributed by atoms with E-state index in [1.807, 2.05) is 12.2 Å². The van der Waals surface area contributed by atoms with Crippen molar-refractivity contribution < 1.29 is 0 Å². The zero-order valence-electron chi connectivity index (χ0n) is 17.9. The molecule has 2 nitrogen and oxygen atoms in total. The summed E-state index contributed by atoms with van der Waals surface area (Å²) in [5, 5.41) is 3.89. The molecule has 0 amide bonds. The minimum absolute atomic E-state index is 1.03. The standard InChI is InChI=1S/C30H24N2/c1-2-3-4-9-18-32-29-13-8-6-11-24(29)26-20-22(15-17-30(26)32)21-14-16-28-25(19-21)23-10-5-7-12-27(23)31-28/h2-14,16,18-20,31H,1,15,17H2/b4-3-,18-9-. The number of H-pyrrole nitrogens is 1. The zero-order chi connectivity index (χ0) is 21.5. The van der Waals surface area contributed by atoms with Crippen LogP contribution < -0.4 is 0 Å². The topological polar surface area (TPSA) is 20.7 Å². The zero-order valence-corrected chi connectivity index (χ0v) is 17.9. The van der Waals surface area contributed by atoms with Gasteiger partial charge in [0.1, 0.15) is 0 Å². The Morgan fingerprint density at radius 1 is 0.781 bits per heavy atom. The van der Waals surface area contributed by atoms with Crippen molar-refractivity contribution in [3.8, 4) is 0 Å². The van der Waals surface area contributed by atoms with Gasteiger partial charge in [-0.3, -0.25) is 0 Å². The number of para-hydroxylation sites is 2. The molecule has 2 aromatic heterocycles. The van der Waals surface area contributed by atoms with Crippen LogP contribution in [0.15, 0.2) is 97.6 Å². The number of aromatic nitrogens is 2. The van der Waals surface area contributed by atoms with E-state index in [9.17, 15) is 0 Å². The first-order valence-corrected chi connectivity index (χ1v) is 11.1. The molecule has 0 atom stereocenters. The van der Waals surface area contributed by atoms with Crippen LogP contribution in [0.2, 0.25) is 0 Å². The number of hydrogen-bond acceptors (Lipinski definition) is 0. The Bertz CT molecular complexity index is 1580. The van der Waals surface area contributed by atoms with Gasteiger partial charge >= 0.3 is 0 Å². The highest BCUT2D eigenvalue weighted by Gasteiger charge is 2.20. The number of rotatable bonds is 4. The van der Waals surface area contributed by atoms with E-state index in [0.717, 1.165) is 12.8 Å². The molecule has 0 spiro atoms. The van der Waals surface area contributed by atoms with Gasteiger partial charge in [0.05, 0.1) is 5.52 Å². The van der Waals surface area contributed by atoms with Crippen LogP contribution in [0, 0.1) is 0 Å². The fourth-order valence-electron chi connectivity index (χ4n) is 4.98. The van der Waals surface area contributed by atoms with Gasteiger partial charge in [-0.1, -0.05) is 67.3 Å². The minimum Gasteiger partial charge on any atom is -0.355 e. The van der Waals surface area contributed by atoms with E-state index < -0.39 is 0 Å². The molecule has 1 N–H and O–H groups in total. The van der Waals surface area contributed by atoms with Gasteiger partial charge in [-0.2, -0.15) is 0 Å². The van der Waals surface area contributed by atoms with Gasteiger partial charge in [0.25, 0.3) is 0 Å². The molecule has 2 heteroatoms. The lowest BCUT2D eigenvalue weighted by atomic mass is 9.90. The maximum Gasteiger partial charge on any atom is 0.0531 e. The van der Waals surface area contributed by atoms with Crippen molar-refractivity contribution in [2.45, 2.75) is 12.8 Å². The van der Waals surface area contributed by atoms with Gasteiger partial charge in [-0.25, -0.2) is 0 Å². The first-order chi connectivity index (χ1) is 15.8. The quantitative estimate of drug-likeness (QED) is 0.289. The van der Waals surface area contributed by atoms with Crippen LogP contribution >= 0.6 is 0 Å². The summed E-state index contributed by atoms with van der Waals surface area (Å²) in [6, 6.07) is 24.1. The van der Waals surface area contributed by atoms with Gasteiger partial charge in [0.15, 0.2) is 0 Å². The lowest BCUT2D eigenvalue weighted by Gasteiger charge is -2.16. The summed E-state index contributed by atoms with van der Waals surface area (Å²) < 4.78 is 2.34. The minimum atomic E-state index is 1.03. The molecule has 1 aliphatic rings. The van der Waals surface area contributed by atoms with Crippen molar-refractivity contribution >= 4 is 50.6 Å². The number of nitrogens with one attached hydrogen (secondary N) is 1. The SMILES string of the molecule is C=C/C=C\C=C/n1c2c(c3ccccc31)C=C(c1ccc3[nH]c4ccccc4c3c1)CC2. The Morgan fingerprint density at radius 3 is 2.50 bits per heavy atom. The molecule has 5 aromatic rings. The second kappa shape index (κ2) is 7.58. The third kappa shape index (κ3) is 2.96. The summed E-state index contributed by atoms with van der Waals surface area (Å²) in [6.07, 6.45) is 14.5. The lowest BCUT2D eigenvalue weighted by molar-refractivity contribution is 0.921. The normalized spacial score (nSPS) is 14.1. The molecule has 6 rings (SSSR count). The van der Waals surface area contributed by atoms with Crippen LogP contribution in [-0.4, -0.2) is 9.55 Å². The van der Waals surface area contributed by atoms with Crippen LogP contribution in [0.25, 0.3) is 50.6 Å². The van der Waals surface area contributed by atoms with E-state index in [2.05, 4.69) is 101 Å². The van der Waals surface area contributed by atoms with E-state index in [1.165, 1.54) is 55.1 Å². The molecule has 3 aromatic carbocycles. The number of benzene rings is 3. The van der Waals surface area contributed by atoms with Gasteiger partial charge < -0.3 is 9.55 Å². The smallest absolute Gasteiger partial charge is 0.0531 e. The van der Waals surface area contributed by atoms with E-state index in [0.29, 0.717) is 0 Å². The molecule has 0 saturated carbocycles. The number of fused-ring (bicyclic) bond motifs is 6. The van der Waals surface area contributed by atoms with E-state index >= 15 is 0 Å². The fourth-order valence-corrected chi connectivity index (χ4v) is 4.98. The molecular weight excluding hydrogens is 388 g/mol. The van der Waals surface area contributed by atoms with Crippen molar-refractivity contribution in [2.24, 2.45) is 0 Å². The summed E-state index contributed by atoms with van der Waals surface area (Å²) in [5.74, 6) is 0.